The standard InChI is InChI=1S/2C24H28ClN3O3/c2*1-3-7-15-10-11-20-21-17(13-27(20)24(15)31)18(14-29)22(23(30)26-4-2)28(21)12-16-8-5-6-9-19(16)25/h2*3,5-11,17-18,21-22,29H,4,12-14H2,1-2H3,(H,26,30)/b7-3+;7-3-/t2*17-,18-,21+,22-/m00/s1. The zero-order valence-corrected chi connectivity index (χ0v) is 37.1. The number of aliphatic hydroxyl groups is 2. The summed E-state index contributed by atoms with van der Waals surface area (Å²) in [4.78, 5) is 56.5. The van der Waals surface area contributed by atoms with E-state index < -0.39 is 12.1 Å². The molecule has 0 aliphatic carbocycles. The fourth-order valence-electron chi connectivity index (χ4n) is 10.4. The molecular formula is C48H56Cl2N6O6. The monoisotopic (exact) mass is 882 g/mol. The van der Waals surface area contributed by atoms with Gasteiger partial charge in [-0.1, -0.05) is 83.9 Å². The summed E-state index contributed by atoms with van der Waals surface area (Å²) >= 11 is 12.9. The quantitative estimate of drug-likeness (QED) is 0.142. The number of nitrogens with zero attached hydrogens (tertiary/aromatic N) is 4. The molecule has 8 atom stereocenters. The number of carbonyl (C=O) groups excluding carboxylic acids is 2. The Labute approximate surface area is 372 Å². The van der Waals surface area contributed by atoms with E-state index in [4.69, 9.17) is 23.2 Å². The molecular weight excluding hydrogens is 827 g/mol. The SMILES string of the molecule is C/C=C/c1ccc2n(c1=O)C[C@H]1[C@H](CO)[C@@H](C(=O)NCC)N(Cc3ccccc3Cl)[C@@H]21.C/C=C\c1ccc2n(c1=O)C[C@H]1[C@H](CO)[C@@H](C(=O)NCC)N(Cc3ccccc3Cl)[C@@H]21. The van der Waals surface area contributed by atoms with Gasteiger partial charge in [0.05, 0.1) is 24.2 Å². The first-order valence-electron chi connectivity index (χ1n) is 21.5. The van der Waals surface area contributed by atoms with Crippen LogP contribution < -0.4 is 21.8 Å². The van der Waals surface area contributed by atoms with Crippen LogP contribution in [-0.4, -0.2) is 79.3 Å². The van der Waals surface area contributed by atoms with Crippen LogP contribution in [0.25, 0.3) is 12.2 Å². The molecule has 8 rings (SSSR count). The number of likely N-dealkylation sites (tertiary alicyclic amines) is 2. The Balaban J connectivity index is 0.000000186. The molecule has 0 bridgehead atoms. The summed E-state index contributed by atoms with van der Waals surface area (Å²) in [5.74, 6) is -0.806. The van der Waals surface area contributed by atoms with E-state index in [1.54, 1.807) is 9.13 Å². The number of halogens is 2. The fraction of sp³-hybridized carbons (Fsp3) is 0.417. The second-order valence-electron chi connectivity index (χ2n) is 16.4. The molecule has 0 saturated carbocycles. The van der Waals surface area contributed by atoms with Crippen LogP contribution in [0.4, 0.5) is 0 Å². The van der Waals surface area contributed by atoms with Gasteiger partial charge in [0.1, 0.15) is 0 Å². The number of benzene rings is 2. The number of nitrogens with one attached hydrogen (secondary N) is 2. The Morgan fingerprint density at radius 2 is 1.03 bits per heavy atom. The molecule has 6 heterocycles. The molecule has 2 saturated heterocycles. The molecule has 2 aromatic carbocycles. The van der Waals surface area contributed by atoms with Crippen LogP contribution >= 0.6 is 23.2 Å². The van der Waals surface area contributed by atoms with Gasteiger partial charge in [-0.15, -0.1) is 0 Å². The third-order valence-electron chi connectivity index (χ3n) is 13.0. The summed E-state index contributed by atoms with van der Waals surface area (Å²) in [6, 6.07) is 21.6. The lowest BCUT2D eigenvalue weighted by Crippen LogP contribution is -2.48. The normalized spacial score (nSPS) is 25.0. The Morgan fingerprint density at radius 1 is 0.645 bits per heavy atom. The maximum Gasteiger partial charge on any atom is 0.258 e. The number of pyridine rings is 2. The van der Waals surface area contributed by atoms with E-state index in [0.29, 0.717) is 60.4 Å². The zero-order valence-electron chi connectivity index (χ0n) is 35.6. The summed E-state index contributed by atoms with van der Waals surface area (Å²) < 4.78 is 3.61. The van der Waals surface area contributed by atoms with E-state index in [1.807, 2.05) is 125 Å². The number of hydrogen-bond donors (Lipinski definition) is 4. The minimum atomic E-state index is -0.490. The summed E-state index contributed by atoms with van der Waals surface area (Å²) in [7, 11) is 0. The first kappa shape index (κ1) is 45.2. The van der Waals surface area contributed by atoms with Crippen molar-refractivity contribution in [2.75, 3.05) is 26.3 Å². The molecule has 0 unspecified atom stereocenters. The average Bonchev–Trinajstić information content (AvgIpc) is 4.00. The van der Waals surface area contributed by atoms with Gasteiger partial charge in [0.15, 0.2) is 0 Å². The minimum Gasteiger partial charge on any atom is -0.396 e. The molecule has 328 valence electrons. The maximum absolute atomic E-state index is 13.1. The molecule has 4 aliphatic rings. The minimum absolute atomic E-state index is 0.0334. The lowest BCUT2D eigenvalue weighted by molar-refractivity contribution is -0.128. The number of aliphatic hydroxyl groups excluding tert-OH is 2. The van der Waals surface area contributed by atoms with Crippen molar-refractivity contribution in [3.63, 3.8) is 0 Å². The number of allylic oxidation sites excluding steroid dienone is 2. The van der Waals surface area contributed by atoms with Crippen molar-refractivity contribution in [2.45, 2.75) is 78.0 Å². The van der Waals surface area contributed by atoms with Gasteiger partial charge in [-0.25, -0.2) is 0 Å². The van der Waals surface area contributed by atoms with E-state index in [2.05, 4.69) is 20.4 Å². The van der Waals surface area contributed by atoms with Crippen molar-refractivity contribution in [2.24, 2.45) is 23.7 Å². The van der Waals surface area contributed by atoms with E-state index in [-0.39, 0.29) is 71.9 Å². The molecule has 4 aromatic rings. The van der Waals surface area contributed by atoms with Crippen LogP contribution in [0, 0.1) is 23.7 Å². The summed E-state index contributed by atoms with van der Waals surface area (Å²) in [6.07, 6.45) is 7.33. The van der Waals surface area contributed by atoms with Gasteiger partial charge in [0.2, 0.25) is 11.8 Å². The van der Waals surface area contributed by atoms with Crippen molar-refractivity contribution in [3.8, 4) is 0 Å². The Morgan fingerprint density at radius 3 is 1.37 bits per heavy atom. The molecule has 4 N–H and O–H groups in total. The molecule has 14 heteroatoms. The molecule has 2 fully saturated rings. The number of carbonyl (C=O) groups is 2. The second-order valence-corrected chi connectivity index (χ2v) is 17.2. The van der Waals surface area contributed by atoms with Crippen LogP contribution in [-0.2, 0) is 35.8 Å². The third kappa shape index (κ3) is 8.36. The molecule has 0 spiro atoms. The van der Waals surface area contributed by atoms with Crippen LogP contribution in [0.3, 0.4) is 0 Å². The van der Waals surface area contributed by atoms with Gasteiger partial charge in [-0.2, -0.15) is 0 Å². The topological polar surface area (TPSA) is 149 Å². The highest BCUT2D eigenvalue weighted by molar-refractivity contribution is 6.31. The Bertz CT molecular complexity index is 2300. The van der Waals surface area contributed by atoms with Gasteiger partial charge in [0, 0.05) is 109 Å². The summed E-state index contributed by atoms with van der Waals surface area (Å²) in [5.41, 5.74) is 4.84. The molecule has 4 aliphatic heterocycles. The molecule has 0 radical (unpaired) electrons. The van der Waals surface area contributed by atoms with Gasteiger partial charge >= 0.3 is 0 Å². The second kappa shape index (κ2) is 19.7. The predicted octanol–water partition coefficient (Wildman–Crippen LogP) is 5.67. The lowest BCUT2D eigenvalue weighted by atomic mass is 9.88. The summed E-state index contributed by atoms with van der Waals surface area (Å²) in [6.45, 7) is 10.3. The number of rotatable bonds is 12. The molecule has 62 heavy (non-hydrogen) atoms. The maximum atomic E-state index is 13.1. The van der Waals surface area contributed by atoms with Gasteiger partial charge < -0.3 is 30.0 Å². The first-order chi connectivity index (χ1) is 30.0. The largest absolute Gasteiger partial charge is 0.396 e. The van der Waals surface area contributed by atoms with Crippen LogP contribution in [0.1, 0.15) is 73.4 Å². The van der Waals surface area contributed by atoms with Crippen molar-refractivity contribution in [3.05, 3.63) is 149 Å². The van der Waals surface area contributed by atoms with E-state index >= 15 is 0 Å². The molecule has 2 amide bonds. The summed E-state index contributed by atoms with van der Waals surface area (Å²) in [5, 5.41) is 27.7. The van der Waals surface area contributed by atoms with Crippen LogP contribution in [0.15, 0.2) is 94.5 Å². The molecule has 12 nitrogen and oxygen atoms in total. The number of fused-ring (bicyclic) bond motifs is 6. The number of hydrogen-bond acceptors (Lipinski definition) is 8. The Hall–Kier alpha value is -4.82. The van der Waals surface area contributed by atoms with E-state index in [1.165, 1.54) is 0 Å². The third-order valence-corrected chi connectivity index (χ3v) is 13.7. The van der Waals surface area contributed by atoms with E-state index in [0.717, 1.165) is 22.5 Å². The van der Waals surface area contributed by atoms with Crippen molar-refractivity contribution < 1.29 is 19.8 Å². The molecule has 2 aromatic heterocycles. The first-order valence-corrected chi connectivity index (χ1v) is 22.3. The highest BCUT2D eigenvalue weighted by Crippen LogP contribution is 2.51. The number of aromatic nitrogens is 2. The van der Waals surface area contributed by atoms with Crippen molar-refractivity contribution >= 4 is 47.2 Å². The highest BCUT2D eigenvalue weighted by Gasteiger charge is 2.57. The fourth-order valence-corrected chi connectivity index (χ4v) is 10.8. The Kier molecular flexibility index (Phi) is 14.4. The van der Waals surface area contributed by atoms with Gasteiger partial charge in [-0.05, 0) is 75.2 Å². The predicted molar refractivity (Wildman–Crippen MR) is 243 cm³/mol. The smallest absolute Gasteiger partial charge is 0.258 e. The average molecular weight is 884 g/mol. The number of amides is 2. The van der Waals surface area contributed by atoms with E-state index in [9.17, 15) is 29.4 Å². The van der Waals surface area contributed by atoms with Gasteiger partial charge in [-0.3, -0.25) is 29.0 Å². The van der Waals surface area contributed by atoms with Crippen molar-refractivity contribution in [1.82, 2.24) is 29.6 Å². The van der Waals surface area contributed by atoms with Crippen molar-refractivity contribution in [1.29, 1.82) is 0 Å². The van der Waals surface area contributed by atoms with Gasteiger partial charge in [0.25, 0.3) is 11.1 Å². The lowest BCUT2D eigenvalue weighted by Gasteiger charge is -2.31. The van der Waals surface area contributed by atoms with Crippen LogP contribution in [0.5, 0.6) is 0 Å². The number of likely N-dealkylation sites (N-methyl/N-ethyl adjacent to an activating group) is 2. The highest BCUT2D eigenvalue weighted by atomic mass is 35.5. The zero-order chi connectivity index (χ0) is 44.2. The van der Waals surface area contributed by atoms with Crippen LogP contribution in [0.2, 0.25) is 10.0 Å².